The van der Waals surface area contributed by atoms with Crippen LogP contribution in [0.25, 0.3) is 0 Å². The molecule has 0 N–H and O–H groups in total. The third-order valence-corrected chi connectivity index (χ3v) is 5.45. The zero-order chi connectivity index (χ0) is 11.7. The summed E-state index contributed by atoms with van der Waals surface area (Å²) in [5.41, 5.74) is -0.191. The van der Waals surface area contributed by atoms with Crippen LogP contribution in [0.5, 0.6) is 0 Å². The second-order valence-electron chi connectivity index (χ2n) is 5.34. The zero-order valence-corrected chi connectivity index (χ0v) is 13.7. The topological polar surface area (TPSA) is 22.1 Å². The Hall–Kier alpha value is 0.287. The molecule has 0 spiro atoms. The van der Waals surface area contributed by atoms with E-state index < -0.39 is 9.76 Å². The van der Waals surface area contributed by atoms with Crippen molar-refractivity contribution in [3.05, 3.63) is 15.0 Å². The van der Waals surface area contributed by atoms with Crippen molar-refractivity contribution in [1.29, 1.82) is 0 Å². The summed E-state index contributed by atoms with van der Waals surface area (Å²) in [6, 6.07) is 0. The third-order valence-electron chi connectivity index (χ3n) is 1.94. The monoisotopic (exact) mass is 307 g/mol. The Balaban J connectivity index is 2.67. The number of hydrogen-bond acceptors (Lipinski definition) is 3. The third kappa shape index (κ3) is 4.34. The number of halogens is 1. The Kier molecular flexibility index (Phi) is 4.14. The van der Waals surface area contributed by atoms with Crippen molar-refractivity contribution in [2.24, 2.45) is 0 Å². The van der Waals surface area contributed by atoms with Crippen molar-refractivity contribution in [3.63, 3.8) is 0 Å². The predicted octanol–water partition coefficient (Wildman–Crippen LogP) is 3.46. The molecule has 0 aliphatic heterocycles. The number of thiazole rings is 1. The van der Waals surface area contributed by atoms with E-state index in [9.17, 15) is 0 Å². The molecule has 1 rings (SSSR count). The fourth-order valence-electron chi connectivity index (χ4n) is 0.999. The minimum absolute atomic E-state index is 0.191. The summed E-state index contributed by atoms with van der Waals surface area (Å²) in [7, 11) is -0.526. The SMILES string of the molecule is CC(C)(C)[SiH2]OC(C)(C)c1cnc(Br)s1. The minimum atomic E-state index is -0.526. The summed E-state index contributed by atoms with van der Waals surface area (Å²) in [6.07, 6.45) is 1.89. The van der Waals surface area contributed by atoms with E-state index in [0.717, 1.165) is 3.92 Å². The van der Waals surface area contributed by atoms with E-state index in [0.29, 0.717) is 5.04 Å². The van der Waals surface area contributed by atoms with E-state index >= 15 is 0 Å². The Morgan fingerprint density at radius 1 is 1.33 bits per heavy atom. The van der Waals surface area contributed by atoms with Gasteiger partial charge < -0.3 is 4.43 Å². The summed E-state index contributed by atoms with van der Waals surface area (Å²) in [4.78, 5) is 5.38. The minimum Gasteiger partial charge on any atom is -0.414 e. The van der Waals surface area contributed by atoms with E-state index in [2.05, 4.69) is 55.5 Å². The lowest BCUT2D eigenvalue weighted by atomic mass is 10.1. The fraction of sp³-hybridized carbons (Fsp3) is 0.700. The summed E-state index contributed by atoms with van der Waals surface area (Å²) < 4.78 is 7.00. The van der Waals surface area contributed by atoms with Gasteiger partial charge in [0.25, 0.3) is 0 Å². The average Bonchev–Trinajstić information content (AvgIpc) is 2.48. The van der Waals surface area contributed by atoms with E-state index in [-0.39, 0.29) is 5.60 Å². The van der Waals surface area contributed by atoms with Crippen LogP contribution in [0.1, 0.15) is 39.5 Å². The predicted molar refractivity (Wildman–Crippen MR) is 72.2 cm³/mol. The van der Waals surface area contributed by atoms with Crippen molar-refractivity contribution in [1.82, 2.24) is 4.98 Å². The Bertz CT molecular complexity index is 332. The molecule has 86 valence electrons. The highest BCUT2D eigenvalue weighted by Gasteiger charge is 2.26. The van der Waals surface area contributed by atoms with E-state index in [1.54, 1.807) is 11.3 Å². The fourth-order valence-corrected chi connectivity index (χ4v) is 3.38. The van der Waals surface area contributed by atoms with Gasteiger partial charge in [-0.3, -0.25) is 0 Å². The van der Waals surface area contributed by atoms with Crippen LogP contribution in [-0.2, 0) is 10.0 Å². The largest absolute Gasteiger partial charge is 0.414 e. The van der Waals surface area contributed by atoms with Crippen LogP contribution in [0.15, 0.2) is 10.1 Å². The lowest BCUT2D eigenvalue weighted by molar-refractivity contribution is 0.113. The molecule has 0 aromatic carbocycles. The maximum atomic E-state index is 6.08. The van der Waals surface area contributed by atoms with Crippen LogP contribution in [-0.4, -0.2) is 14.7 Å². The normalized spacial score (nSPS) is 14.0. The number of rotatable bonds is 3. The summed E-state index contributed by atoms with van der Waals surface area (Å²) in [5.74, 6) is 0. The van der Waals surface area contributed by atoms with E-state index in [1.165, 1.54) is 4.88 Å². The first-order valence-electron chi connectivity index (χ1n) is 4.96. The van der Waals surface area contributed by atoms with Crippen molar-refractivity contribution in [2.75, 3.05) is 0 Å². The molecule has 0 saturated heterocycles. The molecule has 0 atom stereocenters. The molecule has 0 aliphatic rings. The van der Waals surface area contributed by atoms with Crippen LogP contribution >= 0.6 is 27.3 Å². The molecule has 0 amide bonds. The highest BCUT2D eigenvalue weighted by atomic mass is 79.9. The quantitative estimate of drug-likeness (QED) is 0.798. The summed E-state index contributed by atoms with van der Waals surface area (Å²) in [6.45, 7) is 10.9. The molecule has 0 fully saturated rings. The van der Waals surface area contributed by atoms with Crippen LogP contribution in [0.4, 0.5) is 0 Å². The lowest BCUT2D eigenvalue weighted by Gasteiger charge is -2.28. The first-order chi connectivity index (χ1) is 6.71. The van der Waals surface area contributed by atoms with E-state index in [4.69, 9.17) is 4.43 Å². The molecular weight excluding hydrogens is 290 g/mol. The Morgan fingerprint density at radius 2 is 1.93 bits per heavy atom. The van der Waals surface area contributed by atoms with Gasteiger partial charge in [-0.15, -0.1) is 11.3 Å². The lowest BCUT2D eigenvalue weighted by Crippen LogP contribution is -2.26. The molecule has 1 aromatic heterocycles. The van der Waals surface area contributed by atoms with Gasteiger partial charge in [-0.2, -0.15) is 0 Å². The summed E-state index contributed by atoms with van der Waals surface area (Å²) in [5, 5.41) is 0.333. The van der Waals surface area contributed by atoms with Gasteiger partial charge in [0, 0.05) is 6.20 Å². The van der Waals surface area contributed by atoms with Crippen LogP contribution in [0, 0.1) is 0 Å². The van der Waals surface area contributed by atoms with Crippen LogP contribution < -0.4 is 0 Å². The molecule has 0 unspecified atom stereocenters. The van der Waals surface area contributed by atoms with Gasteiger partial charge in [0.2, 0.25) is 0 Å². The smallest absolute Gasteiger partial charge is 0.168 e. The Labute approximate surface area is 107 Å². The highest BCUT2D eigenvalue weighted by molar-refractivity contribution is 9.11. The molecule has 1 aromatic rings. The molecule has 0 saturated carbocycles. The van der Waals surface area contributed by atoms with Gasteiger partial charge in [-0.25, -0.2) is 4.98 Å². The molecule has 1 heterocycles. The number of hydrogen-bond donors (Lipinski definition) is 0. The number of nitrogens with zero attached hydrogens (tertiary/aromatic N) is 1. The second-order valence-corrected chi connectivity index (χ2v) is 10.3. The molecule has 15 heavy (non-hydrogen) atoms. The molecular formula is C10H18BrNOSSi. The molecule has 2 nitrogen and oxygen atoms in total. The van der Waals surface area contributed by atoms with Crippen LogP contribution in [0.3, 0.4) is 0 Å². The van der Waals surface area contributed by atoms with Gasteiger partial charge in [0.05, 0.1) is 10.5 Å². The summed E-state index contributed by atoms with van der Waals surface area (Å²) >= 11 is 5.03. The van der Waals surface area contributed by atoms with Crippen LogP contribution in [0.2, 0.25) is 5.04 Å². The van der Waals surface area contributed by atoms with Gasteiger partial charge in [-0.1, -0.05) is 20.8 Å². The Morgan fingerprint density at radius 3 is 2.33 bits per heavy atom. The standard InChI is InChI=1S/C10H18BrNOSSi/c1-9(2,3)15-13-10(4,5)7-6-12-8(11)14-7/h6H,15H2,1-5H3. The number of aromatic nitrogens is 1. The zero-order valence-electron chi connectivity index (χ0n) is 9.93. The molecule has 0 bridgehead atoms. The first kappa shape index (κ1) is 13.4. The van der Waals surface area contributed by atoms with Crippen molar-refractivity contribution < 1.29 is 4.43 Å². The van der Waals surface area contributed by atoms with Crippen molar-refractivity contribution in [2.45, 2.75) is 45.3 Å². The van der Waals surface area contributed by atoms with E-state index in [1.807, 2.05) is 6.20 Å². The first-order valence-corrected chi connectivity index (χ1v) is 7.86. The molecule has 0 aliphatic carbocycles. The highest BCUT2D eigenvalue weighted by Crippen LogP contribution is 2.33. The van der Waals surface area contributed by atoms with Gasteiger partial charge in [0.1, 0.15) is 0 Å². The molecule has 0 radical (unpaired) electrons. The van der Waals surface area contributed by atoms with Gasteiger partial charge in [-0.05, 0) is 34.8 Å². The second kappa shape index (κ2) is 4.65. The average molecular weight is 308 g/mol. The molecule has 5 heteroatoms. The maximum absolute atomic E-state index is 6.08. The van der Waals surface area contributed by atoms with Gasteiger partial charge >= 0.3 is 0 Å². The van der Waals surface area contributed by atoms with Crippen molar-refractivity contribution in [3.8, 4) is 0 Å². The maximum Gasteiger partial charge on any atom is 0.168 e. The van der Waals surface area contributed by atoms with Gasteiger partial charge in [0.15, 0.2) is 13.7 Å². The van der Waals surface area contributed by atoms with Crippen molar-refractivity contribution >= 4 is 37.0 Å².